The third kappa shape index (κ3) is 4.92. The van der Waals surface area contributed by atoms with Crippen molar-refractivity contribution in [1.29, 1.82) is 0 Å². The monoisotopic (exact) mass is 504 g/mol. The predicted octanol–water partition coefficient (Wildman–Crippen LogP) is 7.56. The van der Waals surface area contributed by atoms with Gasteiger partial charge in [0.15, 0.2) is 6.10 Å². The van der Waals surface area contributed by atoms with Gasteiger partial charge in [0, 0.05) is 6.92 Å². The third-order valence-electron chi connectivity index (χ3n) is 12.1. The van der Waals surface area contributed by atoms with E-state index in [-0.39, 0.29) is 29.0 Å². The van der Waals surface area contributed by atoms with E-state index in [9.17, 15) is 9.90 Å². The molecule has 0 bridgehead atoms. The van der Waals surface area contributed by atoms with Gasteiger partial charge < -0.3 is 14.6 Å². The average molecular weight is 505 g/mol. The summed E-state index contributed by atoms with van der Waals surface area (Å²) in [5.41, 5.74) is -0.107. The Morgan fingerprint density at radius 2 is 1.69 bits per heavy atom. The van der Waals surface area contributed by atoms with Crippen molar-refractivity contribution < 1.29 is 19.4 Å². The Morgan fingerprint density at radius 3 is 2.31 bits per heavy atom. The summed E-state index contributed by atoms with van der Waals surface area (Å²) in [6, 6.07) is 0. The molecule has 4 nitrogen and oxygen atoms in total. The first-order valence-corrected chi connectivity index (χ1v) is 15.2. The van der Waals surface area contributed by atoms with Crippen LogP contribution in [0, 0.1) is 45.8 Å². The van der Waals surface area contributed by atoms with Gasteiger partial charge in [0.1, 0.15) is 0 Å². The highest BCUT2D eigenvalue weighted by molar-refractivity contribution is 5.66. The Balaban J connectivity index is 1.54. The molecule has 10 atom stereocenters. The third-order valence-corrected chi connectivity index (χ3v) is 12.1. The topological polar surface area (TPSA) is 55.8 Å². The number of ether oxygens (including phenoxy) is 2. The highest BCUT2D eigenvalue weighted by Crippen LogP contribution is 2.69. The molecule has 4 heteroatoms. The highest BCUT2D eigenvalue weighted by atomic mass is 16.6. The van der Waals surface area contributed by atoms with E-state index in [4.69, 9.17) is 9.47 Å². The molecule has 4 unspecified atom stereocenters. The number of rotatable bonds is 6. The summed E-state index contributed by atoms with van der Waals surface area (Å²) in [6.07, 6.45) is 12.1. The van der Waals surface area contributed by atoms with Crippen molar-refractivity contribution in [3.05, 3.63) is 0 Å². The second-order valence-electron chi connectivity index (χ2n) is 15.3. The SMILES string of the molecule is CC(=O)O[C@@H]([C@H]1C[C@@H](C)C2C(C[C@@]3(C)[C@H](CCC4C(C)CCCC4(C)C)CCC[C@]23C)O1)C(C)(C)O. The van der Waals surface area contributed by atoms with Crippen LogP contribution < -0.4 is 0 Å². The Hall–Kier alpha value is -0.610. The molecule has 1 aliphatic heterocycles. The van der Waals surface area contributed by atoms with Gasteiger partial charge in [0.25, 0.3) is 0 Å². The van der Waals surface area contributed by atoms with Crippen LogP contribution in [0.3, 0.4) is 0 Å². The smallest absolute Gasteiger partial charge is 0.303 e. The second kappa shape index (κ2) is 9.85. The zero-order chi connectivity index (χ0) is 26.7. The van der Waals surface area contributed by atoms with Gasteiger partial charge in [-0.3, -0.25) is 4.79 Å². The van der Waals surface area contributed by atoms with Crippen LogP contribution in [-0.2, 0) is 14.3 Å². The number of carbonyl (C=O) groups is 1. The maximum Gasteiger partial charge on any atom is 0.303 e. The van der Waals surface area contributed by atoms with Crippen molar-refractivity contribution in [2.75, 3.05) is 0 Å². The summed E-state index contributed by atoms with van der Waals surface area (Å²) in [4.78, 5) is 11.9. The van der Waals surface area contributed by atoms with Crippen LogP contribution in [-0.4, -0.2) is 35.0 Å². The molecule has 4 aliphatic rings. The molecule has 0 spiro atoms. The fourth-order valence-corrected chi connectivity index (χ4v) is 10.2. The molecule has 4 rings (SSSR count). The van der Waals surface area contributed by atoms with Gasteiger partial charge in [0.05, 0.1) is 17.8 Å². The summed E-state index contributed by atoms with van der Waals surface area (Å²) in [5, 5.41) is 10.9. The molecule has 3 aliphatic carbocycles. The van der Waals surface area contributed by atoms with Crippen molar-refractivity contribution in [1.82, 2.24) is 0 Å². The summed E-state index contributed by atoms with van der Waals surface area (Å²) in [7, 11) is 0. The minimum atomic E-state index is -1.13. The zero-order valence-electron chi connectivity index (χ0n) is 24.9. The predicted molar refractivity (Wildman–Crippen MR) is 145 cm³/mol. The van der Waals surface area contributed by atoms with E-state index in [1.165, 1.54) is 58.3 Å². The molecule has 0 aromatic rings. The van der Waals surface area contributed by atoms with Crippen LogP contribution in [0.25, 0.3) is 0 Å². The van der Waals surface area contributed by atoms with Crippen LogP contribution >= 0.6 is 0 Å². The van der Waals surface area contributed by atoms with E-state index in [0.717, 1.165) is 30.6 Å². The van der Waals surface area contributed by atoms with Gasteiger partial charge in [-0.15, -0.1) is 0 Å². The number of esters is 1. The molecule has 208 valence electrons. The van der Waals surface area contributed by atoms with Crippen molar-refractivity contribution in [3.8, 4) is 0 Å². The molecule has 0 aromatic carbocycles. The molecule has 3 saturated carbocycles. The first kappa shape index (κ1) is 28.4. The van der Waals surface area contributed by atoms with E-state index in [1.54, 1.807) is 13.8 Å². The molecule has 1 heterocycles. The first-order valence-electron chi connectivity index (χ1n) is 15.2. The Labute approximate surface area is 221 Å². The minimum absolute atomic E-state index is 0.180. The molecule has 4 fully saturated rings. The van der Waals surface area contributed by atoms with Crippen LogP contribution in [0.15, 0.2) is 0 Å². The van der Waals surface area contributed by atoms with Gasteiger partial charge in [0.2, 0.25) is 0 Å². The quantitative estimate of drug-likeness (QED) is 0.379. The Bertz CT molecular complexity index is 798. The van der Waals surface area contributed by atoms with Crippen LogP contribution in [0.4, 0.5) is 0 Å². The first-order chi connectivity index (χ1) is 16.6. The van der Waals surface area contributed by atoms with Crippen LogP contribution in [0.2, 0.25) is 0 Å². The minimum Gasteiger partial charge on any atom is -0.457 e. The Kier molecular flexibility index (Phi) is 7.77. The number of hydrogen-bond acceptors (Lipinski definition) is 4. The zero-order valence-corrected chi connectivity index (χ0v) is 24.9. The normalized spacial score (nSPS) is 45.4. The molecule has 0 radical (unpaired) electrons. The highest BCUT2D eigenvalue weighted by Gasteiger charge is 2.66. The lowest BCUT2D eigenvalue weighted by molar-refractivity contribution is -0.208. The van der Waals surface area contributed by atoms with Gasteiger partial charge in [-0.1, -0.05) is 60.8 Å². The Morgan fingerprint density at radius 1 is 1.03 bits per heavy atom. The molecule has 1 N–H and O–H groups in total. The molecule has 0 aromatic heterocycles. The van der Waals surface area contributed by atoms with Gasteiger partial charge in [-0.05, 0) is 105 Å². The van der Waals surface area contributed by atoms with Gasteiger partial charge >= 0.3 is 5.97 Å². The average Bonchev–Trinajstić information content (AvgIpc) is 2.98. The van der Waals surface area contributed by atoms with Gasteiger partial charge in [-0.2, -0.15) is 0 Å². The van der Waals surface area contributed by atoms with E-state index in [1.807, 2.05) is 0 Å². The molecule has 0 amide bonds. The fraction of sp³-hybridized carbons (Fsp3) is 0.969. The summed E-state index contributed by atoms with van der Waals surface area (Å²) in [6.45, 7) is 20.0. The van der Waals surface area contributed by atoms with Crippen LogP contribution in [0.1, 0.15) is 127 Å². The van der Waals surface area contributed by atoms with Crippen molar-refractivity contribution in [3.63, 3.8) is 0 Å². The van der Waals surface area contributed by atoms with E-state index >= 15 is 0 Å². The fourth-order valence-electron chi connectivity index (χ4n) is 10.2. The van der Waals surface area contributed by atoms with Crippen molar-refractivity contribution in [2.24, 2.45) is 45.8 Å². The van der Waals surface area contributed by atoms with Crippen molar-refractivity contribution >= 4 is 5.97 Å². The number of carbonyl (C=O) groups excluding carboxylic acids is 1. The van der Waals surface area contributed by atoms with E-state index in [0.29, 0.717) is 17.3 Å². The van der Waals surface area contributed by atoms with Crippen LogP contribution in [0.5, 0.6) is 0 Å². The lowest BCUT2D eigenvalue weighted by Crippen LogP contribution is -2.54. The van der Waals surface area contributed by atoms with Crippen molar-refractivity contribution in [2.45, 2.75) is 150 Å². The standard InChI is InChI=1S/C32H56O4/c1-20-12-10-16-29(4,5)24(20)15-14-23-13-11-17-31(8)27-21(2)18-25(36-26(27)19-32(23,31)9)28(30(6,7)34)35-22(3)33/h20-21,23-28,34H,10-19H2,1-9H3/t20?,21-,23+,24?,25-,26?,27?,28+,31-,32+/m1/s1. The lowest BCUT2D eigenvalue weighted by atomic mass is 9.50. The van der Waals surface area contributed by atoms with E-state index in [2.05, 4.69) is 41.5 Å². The largest absolute Gasteiger partial charge is 0.457 e. The molecular formula is C32H56O4. The number of fused-ring (bicyclic) bond motifs is 3. The molecular weight excluding hydrogens is 448 g/mol. The number of hydrogen-bond donors (Lipinski definition) is 1. The summed E-state index contributed by atoms with van der Waals surface area (Å²) in [5.74, 6) is 3.09. The van der Waals surface area contributed by atoms with Gasteiger partial charge in [-0.25, -0.2) is 0 Å². The molecule has 1 saturated heterocycles. The number of aliphatic hydroxyl groups is 1. The summed E-state index contributed by atoms with van der Waals surface area (Å²) >= 11 is 0. The summed E-state index contributed by atoms with van der Waals surface area (Å²) < 4.78 is 12.5. The maximum atomic E-state index is 11.9. The maximum absolute atomic E-state index is 11.9. The second-order valence-corrected chi connectivity index (χ2v) is 15.3. The van der Waals surface area contributed by atoms with E-state index < -0.39 is 11.7 Å². The molecule has 36 heavy (non-hydrogen) atoms. The lowest BCUT2D eigenvalue weighted by Gasteiger charge is -2.55.